The van der Waals surface area contributed by atoms with E-state index in [4.69, 9.17) is 27.9 Å². The molecule has 1 amide bonds. The topological polar surface area (TPSA) is 70.1 Å². The molecule has 0 radical (unpaired) electrons. The van der Waals surface area contributed by atoms with Gasteiger partial charge in [0, 0.05) is 36.9 Å². The van der Waals surface area contributed by atoms with Crippen LogP contribution in [0, 0.1) is 0 Å². The van der Waals surface area contributed by atoms with Crippen LogP contribution < -0.4 is 9.64 Å². The van der Waals surface area contributed by atoms with Gasteiger partial charge in [-0.25, -0.2) is 0 Å². The number of rotatable bonds is 7. The Labute approximate surface area is 220 Å². The summed E-state index contributed by atoms with van der Waals surface area (Å²) in [7, 11) is 5.33. The summed E-state index contributed by atoms with van der Waals surface area (Å²) >= 11 is 12.1. The Hall–Kier alpha value is -3.48. The number of hydrogen-bond donors (Lipinski definition) is 1. The maximum atomic E-state index is 13.3. The normalized spacial score (nSPS) is 16.9. The van der Waals surface area contributed by atoms with E-state index >= 15 is 0 Å². The number of anilines is 1. The number of carbonyl (C=O) groups is 2. The number of aliphatic hydroxyl groups excluding tert-OH is 1. The molecule has 1 atom stereocenters. The molecule has 8 heteroatoms. The van der Waals surface area contributed by atoms with Gasteiger partial charge < -0.3 is 19.6 Å². The first-order valence-electron chi connectivity index (χ1n) is 11.3. The number of aliphatic hydroxyl groups is 1. The van der Waals surface area contributed by atoms with Crippen LogP contribution in [0.25, 0.3) is 5.76 Å². The number of methoxy groups -OCH3 is 1. The number of hydrogen-bond acceptors (Lipinski definition) is 5. The average Bonchev–Trinajstić information content (AvgIpc) is 3.13. The van der Waals surface area contributed by atoms with Gasteiger partial charge in [-0.15, -0.1) is 0 Å². The largest absolute Gasteiger partial charge is 0.507 e. The molecule has 0 bridgehead atoms. The Kier molecular flexibility index (Phi) is 7.57. The van der Waals surface area contributed by atoms with Crippen LogP contribution >= 0.6 is 23.2 Å². The summed E-state index contributed by atoms with van der Waals surface area (Å²) in [4.78, 5) is 30.0. The number of carbonyl (C=O) groups excluding carboxylic acids is 2. The van der Waals surface area contributed by atoms with Gasteiger partial charge in [-0.2, -0.15) is 0 Å². The standard InChI is InChI=1S/C28H26Cl2N2O4/c1-31(2)21-11-6-18(7-12-21)25-24(26(33)19-8-13-22(30)23(16-19)36-3)27(34)28(35)32(25)15-14-17-4-9-20(29)10-5-17/h4-13,16,25,33H,14-15H2,1-3H3/b26-24-. The van der Waals surface area contributed by atoms with Gasteiger partial charge in [-0.05, 0) is 60.0 Å². The molecular weight excluding hydrogens is 499 g/mol. The van der Waals surface area contributed by atoms with E-state index in [0.29, 0.717) is 27.8 Å². The van der Waals surface area contributed by atoms with Gasteiger partial charge >= 0.3 is 0 Å². The third-order valence-electron chi connectivity index (χ3n) is 6.24. The third kappa shape index (κ3) is 5.06. The van der Waals surface area contributed by atoms with Crippen molar-refractivity contribution in [3.63, 3.8) is 0 Å². The SMILES string of the molecule is COc1cc(/C(O)=C2/C(=O)C(=O)N(CCc3ccc(Cl)cc3)C2c2ccc(N(C)C)cc2)ccc1Cl. The van der Waals surface area contributed by atoms with Crippen molar-refractivity contribution in [1.29, 1.82) is 0 Å². The van der Waals surface area contributed by atoms with E-state index in [1.165, 1.54) is 12.0 Å². The highest BCUT2D eigenvalue weighted by Crippen LogP contribution is 2.40. The number of nitrogens with zero attached hydrogens (tertiary/aromatic N) is 2. The third-order valence-corrected chi connectivity index (χ3v) is 6.81. The van der Waals surface area contributed by atoms with Gasteiger partial charge in [0.2, 0.25) is 0 Å². The molecule has 36 heavy (non-hydrogen) atoms. The molecule has 0 aromatic heterocycles. The molecule has 1 aliphatic heterocycles. The fourth-order valence-electron chi connectivity index (χ4n) is 4.28. The Balaban J connectivity index is 1.79. The Morgan fingerprint density at radius 2 is 1.67 bits per heavy atom. The first-order chi connectivity index (χ1) is 17.2. The Bertz CT molecular complexity index is 1320. The minimum atomic E-state index is -0.754. The quantitative estimate of drug-likeness (QED) is 0.242. The second kappa shape index (κ2) is 10.6. The fourth-order valence-corrected chi connectivity index (χ4v) is 4.60. The number of likely N-dealkylation sites (tertiary alicyclic amines) is 1. The van der Waals surface area contributed by atoms with Crippen molar-refractivity contribution in [2.75, 3.05) is 32.6 Å². The molecule has 3 aromatic rings. The predicted molar refractivity (Wildman–Crippen MR) is 143 cm³/mol. The number of ketones is 1. The molecule has 4 rings (SSSR count). The minimum Gasteiger partial charge on any atom is -0.507 e. The maximum Gasteiger partial charge on any atom is 0.295 e. The number of benzene rings is 3. The van der Waals surface area contributed by atoms with Crippen LogP contribution in [0.5, 0.6) is 5.75 Å². The van der Waals surface area contributed by atoms with Gasteiger partial charge in [0.1, 0.15) is 11.5 Å². The van der Waals surface area contributed by atoms with Crippen LogP contribution in [0.4, 0.5) is 5.69 Å². The molecular formula is C28H26Cl2N2O4. The molecule has 0 aliphatic carbocycles. The summed E-state index contributed by atoms with van der Waals surface area (Å²) in [5, 5.41) is 12.3. The number of Topliss-reactive ketones (excluding diaryl/α,β-unsaturated/α-hetero) is 1. The average molecular weight is 525 g/mol. The van der Waals surface area contributed by atoms with Crippen molar-refractivity contribution in [2.24, 2.45) is 0 Å². The molecule has 1 fully saturated rings. The van der Waals surface area contributed by atoms with E-state index in [-0.39, 0.29) is 17.9 Å². The number of halogens is 2. The van der Waals surface area contributed by atoms with Crippen LogP contribution in [0.2, 0.25) is 10.0 Å². The van der Waals surface area contributed by atoms with Gasteiger partial charge in [0.05, 0.1) is 23.7 Å². The van der Waals surface area contributed by atoms with Gasteiger partial charge in [0.25, 0.3) is 11.7 Å². The molecule has 1 N–H and O–H groups in total. The van der Waals surface area contributed by atoms with E-state index in [2.05, 4.69) is 0 Å². The highest BCUT2D eigenvalue weighted by atomic mass is 35.5. The lowest BCUT2D eigenvalue weighted by Gasteiger charge is -2.26. The smallest absolute Gasteiger partial charge is 0.295 e. The van der Waals surface area contributed by atoms with Crippen LogP contribution in [0.1, 0.15) is 22.7 Å². The lowest BCUT2D eigenvalue weighted by Crippen LogP contribution is -2.31. The van der Waals surface area contributed by atoms with Crippen LogP contribution in [-0.2, 0) is 16.0 Å². The minimum absolute atomic E-state index is 0.0260. The highest BCUT2D eigenvalue weighted by molar-refractivity contribution is 6.46. The van der Waals surface area contributed by atoms with Crippen LogP contribution in [0.15, 0.2) is 72.3 Å². The number of ether oxygens (including phenoxy) is 1. The van der Waals surface area contributed by atoms with E-state index in [1.54, 1.807) is 30.3 Å². The van der Waals surface area contributed by atoms with E-state index in [1.807, 2.05) is 55.4 Å². The van der Waals surface area contributed by atoms with E-state index < -0.39 is 17.7 Å². The lowest BCUT2D eigenvalue weighted by molar-refractivity contribution is -0.139. The van der Waals surface area contributed by atoms with Gasteiger partial charge in [-0.1, -0.05) is 47.5 Å². The Morgan fingerprint density at radius 1 is 1.00 bits per heavy atom. The van der Waals surface area contributed by atoms with Gasteiger partial charge in [-0.3, -0.25) is 9.59 Å². The zero-order chi connectivity index (χ0) is 26.0. The van der Waals surface area contributed by atoms with Crippen molar-refractivity contribution in [3.8, 4) is 5.75 Å². The van der Waals surface area contributed by atoms with Crippen molar-refractivity contribution in [3.05, 3.63) is 99.0 Å². The second-order valence-electron chi connectivity index (χ2n) is 8.70. The zero-order valence-corrected chi connectivity index (χ0v) is 21.7. The molecule has 1 heterocycles. The van der Waals surface area contributed by atoms with Crippen LogP contribution in [-0.4, -0.2) is 49.4 Å². The first kappa shape index (κ1) is 25.6. The zero-order valence-electron chi connectivity index (χ0n) is 20.2. The van der Waals surface area contributed by atoms with Crippen molar-refractivity contribution in [2.45, 2.75) is 12.5 Å². The lowest BCUT2D eigenvalue weighted by atomic mass is 9.95. The second-order valence-corrected chi connectivity index (χ2v) is 9.55. The Morgan fingerprint density at radius 3 is 2.28 bits per heavy atom. The summed E-state index contributed by atoms with van der Waals surface area (Å²) in [6.07, 6.45) is 0.519. The molecule has 0 saturated carbocycles. The summed E-state index contributed by atoms with van der Waals surface area (Å²) in [6.45, 7) is 0.285. The fraction of sp³-hybridized carbons (Fsp3) is 0.214. The summed E-state index contributed by atoms with van der Waals surface area (Å²) in [6, 6.07) is 18.9. The van der Waals surface area contributed by atoms with E-state index in [9.17, 15) is 14.7 Å². The van der Waals surface area contributed by atoms with Gasteiger partial charge in [0.15, 0.2) is 0 Å². The highest BCUT2D eigenvalue weighted by Gasteiger charge is 2.45. The first-order valence-corrected chi connectivity index (χ1v) is 12.1. The molecule has 186 valence electrons. The number of amides is 1. The monoisotopic (exact) mass is 524 g/mol. The predicted octanol–water partition coefficient (Wildman–Crippen LogP) is 5.73. The maximum absolute atomic E-state index is 13.3. The molecule has 3 aromatic carbocycles. The van der Waals surface area contributed by atoms with E-state index in [0.717, 1.165) is 16.8 Å². The summed E-state index contributed by atoms with van der Waals surface area (Å²) in [5.41, 5.74) is 3.03. The molecule has 0 spiro atoms. The molecule has 1 aliphatic rings. The van der Waals surface area contributed by atoms with Crippen molar-refractivity contribution >= 4 is 46.3 Å². The molecule has 1 saturated heterocycles. The van der Waals surface area contributed by atoms with Crippen molar-refractivity contribution in [1.82, 2.24) is 4.90 Å². The molecule has 6 nitrogen and oxygen atoms in total. The van der Waals surface area contributed by atoms with Crippen molar-refractivity contribution < 1.29 is 19.4 Å². The molecule has 1 unspecified atom stereocenters. The summed E-state index contributed by atoms with van der Waals surface area (Å²) in [5.74, 6) is -1.32. The summed E-state index contributed by atoms with van der Waals surface area (Å²) < 4.78 is 5.27. The van der Waals surface area contributed by atoms with Crippen LogP contribution in [0.3, 0.4) is 0 Å².